The van der Waals surface area contributed by atoms with E-state index in [1.54, 1.807) is 38.4 Å². The van der Waals surface area contributed by atoms with Gasteiger partial charge in [-0.25, -0.2) is 24.1 Å². The summed E-state index contributed by atoms with van der Waals surface area (Å²) in [6.07, 6.45) is 4.66. The van der Waals surface area contributed by atoms with E-state index < -0.39 is 12.0 Å². The molecular weight excluding hydrogens is 338 g/mol. The highest BCUT2D eigenvalue weighted by Gasteiger charge is 2.18. The molecule has 2 N–H and O–H groups in total. The van der Waals surface area contributed by atoms with E-state index in [4.69, 9.17) is 4.74 Å². The van der Waals surface area contributed by atoms with Gasteiger partial charge in [-0.2, -0.15) is 4.98 Å². The minimum atomic E-state index is -0.550. The Hall–Kier alpha value is -3.56. The molecule has 0 saturated carbocycles. The zero-order valence-electron chi connectivity index (χ0n) is 14.3. The van der Waals surface area contributed by atoms with Crippen LogP contribution in [-0.2, 0) is 4.74 Å². The monoisotopic (exact) mass is 355 g/mol. The van der Waals surface area contributed by atoms with Crippen LogP contribution in [0.4, 0.5) is 10.7 Å². The number of aromatic nitrogens is 5. The Balaban J connectivity index is 2.09. The number of esters is 1. The molecule has 0 aromatic carbocycles. The van der Waals surface area contributed by atoms with Gasteiger partial charge in [0.1, 0.15) is 6.33 Å². The molecule has 0 aliphatic heterocycles. The van der Waals surface area contributed by atoms with Gasteiger partial charge in [0, 0.05) is 24.5 Å². The second kappa shape index (κ2) is 7.55. The van der Waals surface area contributed by atoms with E-state index >= 15 is 0 Å². The van der Waals surface area contributed by atoms with E-state index in [1.807, 2.05) is 0 Å². The molecule has 0 bridgehead atoms. The molecule has 134 valence electrons. The molecule has 2 amide bonds. The molecule has 0 spiro atoms. The quantitative estimate of drug-likeness (QED) is 0.665. The first-order valence-electron chi connectivity index (χ1n) is 8.00. The van der Waals surface area contributed by atoms with Crippen LogP contribution in [0.15, 0.2) is 30.9 Å². The number of pyridine rings is 1. The topological polar surface area (TPSA) is 123 Å². The Kier molecular flexibility index (Phi) is 5.02. The zero-order valence-corrected chi connectivity index (χ0v) is 14.3. The summed E-state index contributed by atoms with van der Waals surface area (Å²) in [4.78, 5) is 36.2. The lowest BCUT2D eigenvalue weighted by molar-refractivity contribution is 0.0516. The highest BCUT2D eigenvalue weighted by atomic mass is 16.5. The highest BCUT2D eigenvalue weighted by molar-refractivity contribution is 5.91. The van der Waals surface area contributed by atoms with Crippen LogP contribution in [0.25, 0.3) is 16.8 Å². The van der Waals surface area contributed by atoms with Crippen LogP contribution in [0.5, 0.6) is 0 Å². The summed E-state index contributed by atoms with van der Waals surface area (Å²) in [6.45, 7) is 4.19. The molecule has 10 nitrogen and oxygen atoms in total. The minimum absolute atomic E-state index is 0.0722. The SMILES string of the molecule is CCNC(=O)Nc1nc2cc(-c3cncnc3)cc(C(=O)OCC)n2n1. The van der Waals surface area contributed by atoms with Gasteiger partial charge >= 0.3 is 12.0 Å². The number of ether oxygens (including phenoxy) is 1. The number of hydrogen-bond acceptors (Lipinski definition) is 7. The second-order valence-corrected chi connectivity index (χ2v) is 5.17. The Morgan fingerprint density at radius 3 is 2.62 bits per heavy atom. The summed E-state index contributed by atoms with van der Waals surface area (Å²) in [5, 5.41) is 9.28. The summed E-state index contributed by atoms with van der Waals surface area (Å²) in [7, 11) is 0. The van der Waals surface area contributed by atoms with Crippen LogP contribution in [0.1, 0.15) is 24.3 Å². The first kappa shape index (κ1) is 17.3. The maximum absolute atomic E-state index is 12.3. The van der Waals surface area contributed by atoms with Crippen molar-refractivity contribution >= 4 is 23.6 Å². The van der Waals surface area contributed by atoms with Crippen LogP contribution in [-0.4, -0.2) is 49.7 Å². The van der Waals surface area contributed by atoms with Gasteiger partial charge < -0.3 is 10.1 Å². The van der Waals surface area contributed by atoms with Gasteiger partial charge in [-0.15, -0.1) is 5.10 Å². The Bertz CT molecular complexity index is 940. The first-order valence-corrected chi connectivity index (χ1v) is 8.00. The van der Waals surface area contributed by atoms with Gasteiger partial charge in [0.2, 0.25) is 0 Å². The lowest BCUT2D eigenvalue weighted by atomic mass is 10.1. The molecule has 0 aliphatic carbocycles. The number of urea groups is 1. The van der Waals surface area contributed by atoms with Crippen LogP contribution in [0.3, 0.4) is 0 Å². The maximum atomic E-state index is 12.3. The van der Waals surface area contributed by atoms with E-state index in [0.717, 1.165) is 0 Å². The van der Waals surface area contributed by atoms with Gasteiger partial charge in [0.25, 0.3) is 5.95 Å². The third-order valence-electron chi connectivity index (χ3n) is 3.38. The van der Waals surface area contributed by atoms with Crippen molar-refractivity contribution in [3.05, 3.63) is 36.5 Å². The summed E-state index contributed by atoms with van der Waals surface area (Å²) in [5.74, 6) is -0.478. The molecular formula is C16H17N7O3. The lowest BCUT2D eigenvalue weighted by Gasteiger charge is -2.07. The predicted octanol–water partition coefficient (Wildman–Crippen LogP) is 1.50. The van der Waals surface area contributed by atoms with E-state index in [1.165, 1.54) is 10.8 Å². The number of carbonyl (C=O) groups is 2. The third kappa shape index (κ3) is 3.58. The summed E-state index contributed by atoms with van der Waals surface area (Å²) >= 11 is 0. The minimum Gasteiger partial charge on any atom is -0.461 e. The van der Waals surface area contributed by atoms with Crippen molar-refractivity contribution < 1.29 is 14.3 Å². The average Bonchev–Trinajstić information content (AvgIpc) is 3.04. The number of hydrogen-bond donors (Lipinski definition) is 2. The van der Waals surface area contributed by atoms with Crippen molar-refractivity contribution in [3.63, 3.8) is 0 Å². The molecule has 0 atom stereocenters. The fourth-order valence-corrected chi connectivity index (χ4v) is 2.31. The van der Waals surface area contributed by atoms with Crippen molar-refractivity contribution in [1.82, 2.24) is 29.9 Å². The Morgan fingerprint density at radius 1 is 1.15 bits per heavy atom. The number of carbonyl (C=O) groups excluding carboxylic acids is 2. The average molecular weight is 355 g/mol. The fraction of sp³-hybridized carbons (Fsp3) is 0.250. The van der Waals surface area contributed by atoms with Crippen LogP contribution < -0.4 is 10.6 Å². The third-order valence-corrected chi connectivity index (χ3v) is 3.38. The van der Waals surface area contributed by atoms with E-state index in [0.29, 0.717) is 23.3 Å². The summed E-state index contributed by atoms with van der Waals surface area (Å²) in [5.41, 5.74) is 1.95. The molecule has 0 radical (unpaired) electrons. The number of nitrogens with zero attached hydrogens (tertiary/aromatic N) is 5. The highest BCUT2D eigenvalue weighted by Crippen LogP contribution is 2.22. The number of fused-ring (bicyclic) bond motifs is 1. The Morgan fingerprint density at radius 2 is 1.92 bits per heavy atom. The normalized spacial score (nSPS) is 10.5. The van der Waals surface area contributed by atoms with E-state index in [9.17, 15) is 9.59 Å². The smallest absolute Gasteiger partial charge is 0.357 e. The van der Waals surface area contributed by atoms with Gasteiger partial charge in [0.15, 0.2) is 11.3 Å². The molecule has 0 fully saturated rings. The molecule has 3 aromatic rings. The van der Waals surface area contributed by atoms with Crippen LogP contribution in [0, 0.1) is 0 Å². The van der Waals surface area contributed by atoms with Crippen molar-refractivity contribution in [3.8, 4) is 11.1 Å². The fourth-order valence-electron chi connectivity index (χ4n) is 2.31. The van der Waals surface area contributed by atoms with Gasteiger partial charge in [-0.1, -0.05) is 0 Å². The van der Waals surface area contributed by atoms with Crippen molar-refractivity contribution in [2.75, 3.05) is 18.5 Å². The molecule has 0 unspecified atom stereocenters. The van der Waals surface area contributed by atoms with E-state index in [2.05, 4.69) is 30.7 Å². The Labute approximate surface area is 148 Å². The van der Waals surface area contributed by atoms with Crippen LogP contribution >= 0.6 is 0 Å². The van der Waals surface area contributed by atoms with Crippen molar-refractivity contribution in [1.29, 1.82) is 0 Å². The number of amides is 2. The second-order valence-electron chi connectivity index (χ2n) is 5.17. The summed E-state index contributed by atoms with van der Waals surface area (Å²) < 4.78 is 6.42. The molecule has 26 heavy (non-hydrogen) atoms. The van der Waals surface area contributed by atoms with Crippen molar-refractivity contribution in [2.24, 2.45) is 0 Å². The molecule has 3 aromatic heterocycles. The lowest BCUT2D eigenvalue weighted by Crippen LogP contribution is -2.28. The van der Waals surface area contributed by atoms with Crippen LogP contribution in [0.2, 0.25) is 0 Å². The van der Waals surface area contributed by atoms with Gasteiger partial charge in [-0.05, 0) is 31.5 Å². The van der Waals surface area contributed by atoms with Gasteiger partial charge in [-0.3, -0.25) is 5.32 Å². The maximum Gasteiger partial charge on any atom is 0.357 e. The number of nitrogens with one attached hydrogen (secondary N) is 2. The molecule has 0 saturated heterocycles. The molecule has 3 rings (SSSR count). The van der Waals surface area contributed by atoms with E-state index in [-0.39, 0.29) is 18.2 Å². The first-order chi connectivity index (χ1) is 12.6. The molecule has 0 aliphatic rings. The number of anilines is 1. The molecule has 3 heterocycles. The van der Waals surface area contributed by atoms with Gasteiger partial charge in [0.05, 0.1) is 6.61 Å². The largest absolute Gasteiger partial charge is 0.461 e. The standard InChI is InChI=1S/C16H17N7O3/c1-3-19-16(25)21-15-20-13-6-10(11-7-17-9-18-8-11)5-12(23(13)22-15)14(24)26-4-2/h5-9H,3-4H2,1-2H3,(H2,19,21,22,25). The van der Waals surface area contributed by atoms with Crippen molar-refractivity contribution in [2.45, 2.75) is 13.8 Å². The summed E-state index contributed by atoms with van der Waals surface area (Å²) in [6, 6.07) is 2.91. The number of rotatable bonds is 5. The zero-order chi connectivity index (χ0) is 18.5. The molecule has 10 heteroatoms. The predicted molar refractivity (Wildman–Crippen MR) is 92.7 cm³/mol.